The zero-order chi connectivity index (χ0) is 20.8. The number of sulfonamides is 1. The molecule has 1 aliphatic heterocycles. The van der Waals surface area contributed by atoms with E-state index in [0.717, 1.165) is 25.9 Å². The first-order valence-electron chi connectivity index (χ1n) is 9.82. The molecule has 0 amide bonds. The first-order chi connectivity index (χ1) is 13.1. The molecule has 2 rings (SSSR count). The van der Waals surface area contributed by atoms with Crippen LogP contribution in [0.3, 0.4) is 0 Å². The van der Waals surface area contributed by atoms with E-state index in [0.29, 0.717) is 24.6 Å². The maximum absolute atomic E-state index is 11.5. The van der Waals surface area contributed by atoms with Crippen molar-refractivity contribution < 1.29 is 8.42 Å². The molecule has 0 spiro atoms. The minimum atomic E-state index is -3.26. The van der Waals surface area contributed by atoms with E-state index >= 15 is 0 Å². The highest BCUT2D eigenvalue weighted by atomic mass is 32.2. The van der Waals surface area contributed by atoms with E-state index in [-0.39, 0.29) is 0 Å². The molecule has 0 aromatic heterocycles. The number of aliphatic imine (C=N–C) groups is 1. The van der Waals surface area contributed by atoms with Crippen molar-refractivity contribution in [1.29, 1.82) is 0 Å². The highest BCUT2D eigenvalue weighted by molar-refractivity contribution is 7.88. The van der Waals surface area contributed by atoms with Crippen LogP contribution in [0.1, 0.15) is 39.2 Å². The summed E-state index contributed by atoms with van der Waals surface area (Å²) in [6.07, 6.45) is 3.26. The predicted molar refractivity (Wildman–Crippen MR) is 116 cm³/mol. The number of hydrogen-bond acceptors (Lipinski definition) is 4. The molecule has 0 radical (unpaired) electrons. The highest BCUT2D eigenvalue weighted by Gasteiger charge is 2.27. The van der Waals surface area contributed by atoms with Gasteiger partial charge in [-0.25, -0.2) is 13.1 Å². The highest BCUT2D eigenvalue weighted by Crippen LogP contribution is 2.20. The fourth-order valence-electron chi connectivity index (χ4n) is 3.64. The summed E-state index contributed by atoms with van der Waals surface area (Å²) in [5, 5.41) is 6.73. The molecular formula is C20H35N5O2S. The van der Waals surface area contributed by atoms with Crippen LogP contribution in [0.5, 0.6) is 0 Å². The van der Waals surface area contributed by atoms with Gasteiger partial charge in [0.25, 0.3) is 0 Å². The number of rotatable bonds is 7. The lowest BCUT2D eigenvalue weighted by Crippen LogP contribution is -2.55. The van der Waals surface area contributed by atoms with E-state index in [1.165, 1.54) is 11.8 Å². The van der Waals surface area contributed by atoms with Gasteiger partial charge in [0.05, 0.1) is 6.26 Å². The van der Waals surface area contributed by atoms with Gasteiger partial charge in [0.15, 0.2) is 5.96 Å². The van der Waals surface area contributed by atoms with Crippen LogP contribution in [0.15, 0.2) is 35.3 Å². The predicted octanol–water partition coefficient (Wildman–Crippen LogP) is 1.53. The second-order valence-corrected chi connectivity index (χ2v) is 10.1. The Morgan fingerprint density at radius 2 is 1.96 bits per heavy atom. The molecule has 1 aliphatic rings. The quantitative estimate of drug-likeness (QED) is 0.470. The van der Waals surface area contributed by atoms with Gasteiger partial charge in [-0.15, -0.1) is 0 Å². The van der Waals surface area contributed by atoms with Gasteiger partial charge in [-0.1, -0.05) is 30.3 Å². The van der Waals surface area contributed by atoms with Crippen LogP contribution in [0.2, 0.25) is 0 Å². The van der Waals surface area contributed by atoms with Crippen LogP contribution in [0, 0.1) is 0 Å². The first kappa shape index (κ1) is 22.6. The molecule has 7 nitrogen and oxygen atoms in total. The molecule has 28 heavy (non-hydrogen) atoms. The van der Waals surface area contributed by atoms with Crippen molar-refractivity contribution in [2.24, 2.45) is 4.99 Å². The third-order valence-corrected chi connectivity index (χ3v) is 5.89. The van der Waals surface area contributed by atoms with Gasteiger partial charge in [-0.3, -0.25) is 9.89 Å². The SMILES string of the molecule is CN=C(NCC(C)(C)NS(C)(=O)=O)NC1CCN(Cc2ccccc2)C(C)C1. The number of hydrogen-bond donors (Lipinski definition) is 3. The molecule has 1 aromatic rings. The Balaban J connectivity index is 1.83. The third kappa shape index (κ3) is 7.77. The molecule has 1 aromatic carbocycles. The van der Waals surface area contributed by atoms with Gasteiger partial charge < -0.3 is 10.6 Å². The summed E-state index contributed by atoms with van der Waals surface area (Å²) in [5.41, 5.74) is 0.746. The van der Waals surface area contributed by atoms with Crippen LogP contribution in [0.25, 0.3) is 0 Å². The average molecular weight is 410 g/mol. The maximum Gasteiger partial charge on any atom is 0.209 e. The second-order valence-electron chi connectivity index (χ2n) is 8.35. The Labute approximate surface area is 170 Å². The Bertz CT molecular complexity index is 749. The van der Waals surface area contributed by atoms with Gasteiger partial charge in [-0.05, 0) is 39.2 Å². The van der Waals surface area contributed by atoms with Gasteiger partial charge in [0.1, 0.15) is 0 Å². The molecule has 3 N–H and O–H groups in total. The fourth-order valence-corrected chi connectivity index (χ4v) is 4.71. The molecule has 8 heteroatoms. The third-order valence-electron chi connectivity index (χ3n) is 4.97. The molecule has 0 aliphatic carbocycles. The summed E-state index contributed by atoms with van der Waals surface area (Å²) in [4.78, 5) is 6.81. The van der Waals surface area contributed by atoms with Crippen molar-refractivity contribution in [1.82, 2.24) is 20.3 Å². The molecule has 1 fully saturated rings. The number of piperidine rings is 1. The summed E-state index contributed by atoms with van der Waals surface area (Å²) in [6.45, 7) is 8.42. The maximum atomic E-state index is 11.5. The Morgan fingerprint density at radius 1 is 1.29 bits per heavy atom. The van der Waals surface area contributed by atoms with Crippen molar-refractivity contribution >= 4 is 16.0 Å². The lowest BCUT2D eigenvalue weighted by atomic mass is 9.97. The second kappa shape index (κ2) is 9.71. The van der Waals surface area contributed by atoms with Crippen LogP contribution in [-0.4, -0.2) is 63.3 Å². The van der Waals surface area contributed by atoms with Crippen molar-refractivity contribution in [3.63, 3.8) is 0 Å². The number of benzene rings is 1. The van der Waals surface area contributed by atoms with Crippen LogP contribution >= 0.6 is 0 Å². The fraction of sp³-hybridized carbons (Fsp3) is 0.650. The van der Waals surface area contributed by atoms with E-state index in [2.05, 4.69) is 62.5 Å². The lowest BCUT2D eigenvalue weighted by molar-refractivity contribution is 0.134. The molecule has 0 saturated carbocycles. The summed E-state index contributed by atoms with van der Waals surface area (Å²) < 4.78 is 25.6. The van der Waals surface area contributed by atoms with E-state index in [9.17, 15) is 8.42 Å². The van der Waals surface area contributed by atoms with Crippen LogP contribution < -0.4 is 15.4 Å². The van der Waals surface area contributed by atoms with Crippen molar-refractivity contribution in [3.8, 4) is 0 Å². The topological polar surface area (TPSA) is 85.8 Å². The van der Waals surface area contributed by atoms with Gasteiger partial charge in [0.2, 0.25) is 10.0 Å². The lowest BCUT2D eigenvalue weighted by Gasteiger charge is -2.38. The zero-order valence-corrected chi connectivity index (χ0v) is 18.5. The molecule has 2 atom stereocenters. The monoisotopic (exact) mass is 409 g/mol. The largest absolute Gasteiger partial charge is 0.355 e. The normalized spacial score (nSPS) is 22.1. The van der Waals surface area contributed by atoms with Gasteiger partial charge in [0, 0.05) is 44.3 Å². The summed E-state index contributed by atoms with van der Waals surface area (Å²) in [5.74, 6) is 0.706. The van der Waals surface area contributed by atoms with Gasteiger partial charge >= 0.3 is 0 Å². The van der Waals surface area contributed by atoms with Crippen molar-refractivity contribution in [2.45, 2.75) is 57.8 Å². The number of nitrogens with zero attached hydrogens (tertiary/aromatic N) is 2. The molecule has 158 valence electrons. The minimum Gasteiger partial charge on any atom is -0.355 e. The molecule has 1 saturated heterocycles. The molecule has 2 unspecified atom stereocenters. The summed E-state index contributed by atoms with van der Waals surface area (Å²) in [6, 6.07) is 11.4. The Kier molecular flexibility index (Phi) is 7.86. The number of guanidine groups is 1. The summed E-state index contributed by atoms with van der Waals surface area (Å²) in [7, 11) is -1.52. The first-order valence-corrected chi connectivity index (χ1v) is 11.7. The average Bonchev–Trinajstić information content (AvgIpc) is 2.60. The van der Waals surface area contributed by atoms with E-state index in [1.807, 2.05) is 13.8 Å². The minimum absolute atomic E-state index is 0.346. The Hall–Kier alpha value is -1.64. The van der Waals surface area contributed by atoms with E-state index in [1.54, 1.807) is 7.05 Å². The number of nitrogens with one attached hydrogen (secondary N) is 3. The van der Waals surface area contributed by atoms with Crippen LogP contribution in [-0.2, 0) is 16.6 Å². The molecule has 1 heterocycles. The number of likely N-dealkylation sites (tertiary alicyclic amines) is 1. The van der Waals surface area contributed by atoms with Crippen molar-refractivity contribution in [2.75, 3.05) is 26.4 Å². The summed E-state index contributed by atoms with van der Waals surface area (Å²) >= 11 is 0. The van der Waals surface area contributed by atoms with E-state index < -0.39 is 15.6 Å². The van der Waals surface area contributed by atoms with Crippen LogP contribution in [0.4, 0.5) is 0 Å². The Morgan fingerprint density at radius 3 is 2.54 bits per heavy atom. The van der Waals surface area contributed by atoms with E-state index in [4.69, 9.17) is 0 Å². The van der Waals surface area contributed by atoms with Gasteiger partial charge in [-0.2, -0.15) is 0 Å². The molecular weight excluding hydrogens is 374 g/mol. The smallest absolute Gasteiger partial charge is 0.209 e. The zero-order valence-electron chi connectivity index (χ0n) is 17.7. The van der Waals surface area contributed by atoms with Crippen molar-refractivity contribution in [3.05, 3.63) is 35.9 Å². The molecule has 0 bridgehead atoms. The standard InChI is InChI=1S/C20H35N5O2S/c1-16-13-18(11-12-25(16)14-17-9-7-6-8-10-17)23-19(21-4)22-15-20(2,3)24-28(5,26)27/h6-10,16,18,24H,11-15H2,1-5H3,(H2,21,22,23).